The van der Waals surface area contributed by atoms with Gasteiger partial charge in [0.25, 0.3) is 0 Å². The summed E-state index contributed by atoms with van der Waals surface area (Å²) in [5, 5.41) is 0.734. The number of carbonyl (C=O) groups excluding carboxylic acids is 1. The molecule has 0 saturated carbocycles. The Morgan fingerprint density at radius 2 is 1.91 bits per heavy atom. The van der Waals surface area contributed by atoms with Crippen molar-refractivity contribution in [3.05, 3.63) is 54.9 Å². The molecule has 0 atom stereocenters. The average molecular weight is 469 g/mol. The van der Waals surface area contributed by atoms with Gasteiger partial charge in [0.1, 0.15) is 11.5 Å². The Hall–Kier alpha value is -0.750. The molecular formula is C15H10Br2Cl2O3. The number of esters is 1. The van der Waals surface area contributed by atoms with E-state index >= 15 is 0 Å². The van der Waals surface area contributed by atoms with Gasteiger partial charge in [-0.2, -0.15) is 0 Å². The summed E-state index contributed by atoms with van der Waals surface area (Å²) < 4.78 is 12.3. The largest absolute Gasteiger partial charge is 0.480 e. The van der Waals surface area contributed by atoms with Crippen LogP contribution in [0.5, 0.6) is 11.5 Å². The zero-order valence-electron chi connectivity index (χ0n) is 11.3. The maximum Gasteiger partial charge on any atom is 0.349 e. The van der Waals surface area contributed by atoms with Crippen molar-refractivity contribution >= 4 is 61.0 Å². The third-order valence-electron chi connectivity index (χ3n) is 2.65. The number of benzene rings is 2. The monoisotopic (exact) mass is 466 g/mol. The van der Waals surface area contributed by atoms with Crippen molar-refractivity contribution in [3.63, 3.8) is 0 Å². The van der Waals surface area contributed by atoms with Crippen LogP contribution in [0.25, 0.3) is 0 Å². The van der Waals surface area contributed by atoms with E-state index in [4.69, 9.17) is 32.7 Å². The summed E-state index contributed by atoms with van der Waals surface area (Å²) in [5.41, 5.74) is 0.888. The van der Waals surface area contributed by atoms with Crippen molar-refractivity contribution < 1.29 is 14.3 Å². The lowest BCUT2D eigenvalue weighted by Gasteiger charge is -2.12. The predicted molar refractivity (Wildman–Crippen MR) is 94.2 cm³/mol. The Morgan fingerprint density at radius 3 is 2.55 bits per heavy atom. The van der Waals surface area contributed by atoms with Crippen molar-refractivity contribution in [2.24, 2.45) is 0 Å². The highest BCUT2D eigenvalue weighted by molar-refractivity contribution is 9.11. The second-order valence-electron chi connectivity index (χ2n) is 4.37. The maximum atomic E-state index is 11.8. The number of rotatable bonds is 4. The zero-order valence-corrected chi connectivity index (χ0v) is 16.0. The summed E-state index contributed by atoms with van der Waals surface area (Å²) in [7, 11) is 0. The number of hydrogen-bond acceptors (Lipinski definition) is 3. The van der Waals surface area contributed by atoms with E-state index in [9.17, 15) is 4.79 Å². The van der Waals surface area contributed by atoms with E-state index in [0.717, 1.165) is 14.5 Å². The first kappa shape index (κ1) is 17.6. The van der Waals surface area contributed by atoms with Crippen LogP contribution in [-0.4, -0.2) is 12.6 Å². The third-order valence-corrected chi connectivity index (χ3v) is 4.22. The normalized spacial score (nSPS) is 10.4. The minimum atomic E-state index is -0.557. The first-order valence-corrected chi connectivity index (χ1v) is 8.45. The maximum absolute atomic E-state index is 11.8. The SMILES string of the molecule is Cc1cc(Br)cc(Br)c1OCC(=O)Oc1ccc(Cl)cc1Cl. The molecule has 0 amide bonds. The van der Waals surface area contributed by atoms with Gasteiger partial charge in [-0.15, -0.1) is 0 Å². The Kier molecular flexibility index (Phi) is 6.15. The molecule has 0 spiro atoms. The molecule has 0 saturated heterocycles. The summed E-state index contributed by atoms with van der Waals surface area (Å²) in [6.45, 7) is 1.65. The highest BCUT2D eigenvalue weighted by Crippen LogP contribution is 2.32. The molecule has 0 bridgehead atoms. The van der Waals surface area contributed by atoms with Crippen LogP contribution in [0.4, 0.5) is 0 Å². The van der Waals surface area contributed by atoms with Gasteiger partial charge in [0.05, 0.1) is 9.50 Å². The van der Waals surface area contributed by atoms with Crippen molar-refractivity contribution in [3.8, 4) is 11.5 Å². The van der Waals surface area contributed by atoms with E-state index in [1.54, 1.807) is 6.07 Å². The molecule has 0 unspecified atom stereocenters. The molecule has 0 fully saturated rings. The lowest BCUT2D eigenvalue weighted by Crippen LogP contribution is -2.18. The second-order valence-corrected chi connectivity index (χ2v) is 6.98. The molecule has 22 heavy (non-hydrogen) atoms. The molecule has 0 aliphatic heterocycles. The van der Waals surface area contributed by atoms with Crippen LogP contribution in [0.2, 0.25) is 10.0 Å². The zero-order chi connectivity index (χ0) is 16.3. The molecule has 116 valence electrons. The highest BCUT2D eigenvalue weighted by atomic mass is 79.9. The van der Waals surface area contributed by atoms with Crippen LogP contribution in [0.3, 0.4) is 0 Å². The van der Waals surface area contributed by atoms with E-state index in [2.05, 4.69) is 31.9 Å². The molecule has 2 aromatic carbocycles. The van der Waals surface area contributed by atoms with Crippen molar-refractivity contribution in [2.45, 2.75) is 6.92 Å². The van der Waals surface area contributed by atoms with Gasteiger partial charge in [-0.1, -0.05) is 39.1 Å². The lowest BCUT2D eigenvalue weighted by molar-refractivity contribution is -0.136. The average Bonchev–Trinajstić information content (AvgIpc) is 2.40. The van der Waals surface area contributed by atoms with Crippen LogP contribution < -0.4 is 9.47 Å². The topological polar surface area (TPSA) is 35.5 Å². The minimum absolute atomic E-state index is 0.236. The molecule has 7 heteroatoms. The molecule has 0 radical (unpaired) electrons. The Labute approximate surface area is 154 Å². The fourth-order valence-electron chi connectivity index (χ4n) is 1.71. The Morgan fingerprint density at radius 1 is 1.18 bits per heavy atom. The van der Waals surface area contributed by atoms with Crippen LogP contribution in [0.15, 0.2) is 39.3 Å². The van der Waals surface area contributed by atoms with E-state index in [0.29, 0.717) is 10.8 Å². The van der Waals surface area contributed by atoms with Gasteiger partial charge in [-0.3, -0.25) is 0 Å². The first-order valence-electron chi connectivity index (χ1n) is 6.11. The summed E-state index contributed by atoms with van der Waals surface area (Å²) in [4.78, 5) is 11.8. The number of halogens is 4. The lowest BCUT2D eigenvalue weighted by atomic mass is 10.2. The third kappa shape index (κ3) is 4.62. The number of ether oxygens (including phenoxy) is 2. The molecule has 3 nitrogen and oxygen atoms in total. The van der Waals surface area contributed by atoms with E-state index in [1.807, 2.05) is 19.1 Å². The van der Waals surface area contributed by atoms with Gasteiger partial charge in [0.2, 0.25) is 0 Å². The summed E-state index contributed by atoms with van der Waals surface area (Å²) in [5.74, 6) is 0.270. The number of aryl methyl sites for hydroxylation is 1. The van der Waals surface area contributed by atoms with Gasteiger partial charge < -0.3 is 9.47 Å². The molecule has 0 aromatic heterocycles. The van der Waals surface area contributed by atoms with Crippen LogP contribution in [0, 0.1) is 6.92 Å². The number of hydrogen-bond donors (Lipinski definition) is 0. The van der Waals surface area contributed by atoms with Gasteiger partial charge in [-0.05, 0) is 58.7 Å². The van der Waals surface area contributed by atoms with Gasteiger partial charge in [-0.25, -0.2) is 4.79 Å². The smallest absolute Gasteiger partial charge is 0.349 e. The van der Waals surface area contributed by atoms with Gasteiger partial charge >= 0.3 is 5.97 Å². The van der Waals surface area contributed by atoms with E-state index in [1.165, 1.54) is 12.1 Å². The minimum Gasteiger partial charge on any atom is -0.480 e. The quantitative estimate of drug-likeness (QED) is 0.419. The fraction of sp³-hybridized carbons (Fsp3) is 0.133. The molecule has 2 rings (SSSR count). The molecule has 0 heterocycles. The summed E-state index contributed by atoms with van der Waals surface area (Å²) in [6, 6.07) is 8.35. The Bertz CT molecular complexity index is 697. The van der Waals surface area contributed by atoms with Crippen LogP contribution in [0.1, 0.15) is 5.56 Å². The standard InChI is InChI=1S/C15H10Br2Cl2O3/c1-8-4-9(16)5-11(17)15(8)21-7-14(20)22-13-3-2-10(18)6-12(13)19/h2-6H,7H2,1H3. The van der Waals surface area contributed by atoms with Crippen LogP contribution in [-0.2, 0) is 4.79 Å². The Balaban J connectivity index is 2.02. The number of carbonyl (C=O) groups is 1. The fourth-order valence-corrected chi connectivity index (χ4v) is 3.71. The molecule has 0 aliphatic carbocycles. The molecule has 0 aliphatic rings. The van der Waals surface area contributed by atoms with Crippen LogP contribution >= 0.6 is 55.1 Å². The first-order chi connectivity index (χ1) is 10.4. The van der Waals surface area contributed by atoms with Crippen molar-refractivity contribution in [1.82, 2.24) is 0 Å². The predicted octanol–water partition coefficient (Wildman–Crippen LogP) is 5.81. The van der Waals surface area contributed by atoms with Crippen molar-refractivity contribution in [2.75, 3.05) is 6.61 Å². The summed E-state index contributed by atoms with van der Waals surface area (Å²) >= 11 is 18.5. The van der Waals surface area contributed by atoms with E-state index in [-0.39, 0.29) is 17.4 Å². The van der Waals surface area contributed by atoms with Gasteiger partial charge in [0.15, 0.2) is 6.61 Å². The van der Waals surface area contributed by atoms with E-state index < -0.39 is 5.97 Å². The second kappa shape index (κ2) is 7.68. The molecule has 2 aromatic rings. The molecular weight excluding hydrogens is 459 g/mol. The molecule has 0 N–H and O–H groups in total. The highest BCUT2D eigenvalue weighted by Gasteiger charge is 2.13. The van der Waals surface area contributed by atoms with Gasteiger partial charge in [0, 0.05) is 9.50 Å². The van der Waals surface area contributed by atoms with Crippen molar-refractivity contribution in [1.29, 1.82) is 0 Å². The summed E-state index contributed by atoms with van der Waals surface area (Å²) in [6.07, 6.45) is 0.